The molecule has 230 valence electrons. The smallest absolute Gasteiger partial charge is 0.325 e. The van der Waals surface area contributed by atoms with E-state index < -0.39 is 93.7 Å². The van der Waals surface area contributed by atoms with Gasteiger partial charge < -0.3 is 33.2 Å². The van der Waals surface area contributed by atoms with Gasteiger partial charge in [0.1, 0.15) is 12.7 Å². The molecular formula is C26H36O14S. The van der Waals surface area contributed by atoms with E-state index in [0.29, 0.717) is 5.57 Å². The Balaban J connectivity index is 2.82. The van der Waals surface area contributed by atoms with Crippen molar-refractivity contribution in [3.05, 3.63) is 11.1 Å². The molecule has 0 aromatic carbocycles. The van der Waals surface area contributed by atoms with Crippen molar-refractivity contribution in [1.82, 2.24) is 0 Å². The van der Waals surface area contributed by atoms with E-state index in [0.717, 1.165) is 47.5 Å². The van der Waals surface area contributed by atoms with E-state index in [-0.39, 0.29) is 12.8 Å². The van der Waals surface area contributed by atoms with Crippen LogP contribution in [0.3, 0.4) is 0 Å². The number of ether oxygens (including phenoxy) is 7. The first kappa shape index (κ1) is 33.9. The van der Waals surface area contributed by atoms with Gasteiger partial charge in [0, 0.05) is 27.7 Å². The first-order chi connectivity index (χ1) is 19.1. The Morgan fingerprint density at radius 2 is 1.34 bits per heavy atom. The number of hydrogen-bond donors (Lipinski definition) is 0. The Labute approximate surface area is 239 Å². The highest BCUT2D eigenvalue weighted by Crippen LogP contribution is 2.46. The van der Waals surface area contributed by atoms with Crippen LogP contribution in [-0.2, 0) is 72.7 Å². The summed E-state index contributed by atoms with van der Waals surface area (Å²) in [6, 6.07) is 0. The molecule has 1 aliphatic carbocycles. The largest absolute Gasteiger partial charge is 0.469 e. The standard InChI is InChI=1S/C26H36O14S/c1-12-9-18(23(31)34-7)26(10-13(12)2,25(32)35-8)41(33)24-22(39-17(6)30)21(38-16(5)29)20(37-15(4)28)19(40-24)11-36-14(3)27/h18-22,24H,9-11H2,1-8H3/t18-,19+,20+,21-,22+,24?,26+,41?/m0/s1. The maximum absolute atomic E-state index is 14.7. The van der Waals surface area contributed by atoms with E-state index >= 15 is 0 Å². The van der Waals surface area contributed by atoms with Crippen LogP contribution >= 0.6 is 0 Å². The van der Waals surface area contributed by atoms with Crippen molar-refractivity contribution in [2.45, 2.75) is 89.0 Å². The minimum Gasteiger partial charge on any atom is -0.469 e. The molecule has 0 saturated carbocycles. The third-order valence-corrected chi connectivity index (χ3v) is 8.98. The lowest BCUT2D eigenvalue weighted by molar-refractivity contribution is -0.238. The molecule has 0 aromatic heterocycles. The van der Waals surface area contributed by atoms with Gasteiger partial charge in [-0.25, -0.2) is 0 Å². The van der Waals surface area contributed by atoms with Crippen LogP contribution in [0.25, 0.3) is 0 Å². The lowest BCUT2D eigenvalue weighted by atomic mass is 9.75. The van der Waals surface area contributed by atoms with Crippen molar-refractivity contribution >= 4 is 46.6 Å². The molecule has 15 heteroatoms. The van der Waals surface area contributed by atoms with Crippen LogP contribution < -0.4 is 0 Å². The summed E-state index contributed by atoms with van der Waals surface area (Å²) in [5.74, 6) is -6.55. The van der Waals surface area contributed by atoms with Gasteiger partial charge in [-0.2, -0.15) is 0 Å². The van der Waals surface area contributed by atoms with Gasteiger partial charge in [0.05, 0.1) is 30.9 Å². The third kappa shape index (κ3) is 7.50. The van der Waals surface area contributed by atoms with E-state index in [9.17, 15) is 33.0 Å². The first-order valence-electron chi connectivity index (χ1n) is 12.6. The quantitative estimate of drug-likeness (QED) is 0.203. The van der Waals surface area contributed by atoms with E-state index in [1.54, 1.807) is 13.8 Å². The van der Waals surface area contributed by atoms with Crippen LogP contribution in [-0.4, -0.2) is 95.5 Å². The summed E-state index contributed by atoms with van der Waals surface area (Å²) in [6.07, 6.45) is -6.44. The fourth-order valence-electron chi connectivity index (χ4n) is 4.98. The highest BCUT2D eigenvalue weighted by Gasteiger charge is 2.64. The molecule has 1 aliphatic heterocycles. The summed E-state index contributed by atoms with van der Waals surface area (Å²) >= 11 is 0. The summed E-state index contributed by atoms with van der Waals surface area (Å²) < 4.78 is 49.9. The average Bonchev–Trinajstić information content (AvgIpc) is 2.88. The van der Waals surface area contributed by atoms with Gasteiger partial charge in [-0.15, -0.1) is 0 Å². The predicted molar refractivity (Wildman–Crippen MR) is 138 cm³/mol. The molecule has 2 unspecified atom stereocenters. The van der Waals surface area contributed by atoms with Gasteiger partial charge in [0.25, 0.3) is 0 Å². The fourth-order valence-corrected chi connectivity index (χ4v) is 7.16. The van der Waals surface area contributed by atoms with Gasteiger partial charge in [0.15, 0.2) is 28.5 Å². The second kappa shape index (κ2) is 14.0. The zero-order valence-electron chi connectivity index (χ0n) is 24.2. The number of carbonyl (C=O) groups is 6. The Morgan fingerprint density at radius 3 is 1.83 bits per heavy atom. The first-order valence-corrected chi connectivity index (χ1v) is 13.8. The Hall–Kier alpha value is -3.33. The molecule has 14 nitrogen and oxygen atoms in total. The second-order valence-electron chi connectivity index (χ2n) is 9.76. The highest BCUT2D eigenvalue weighted by atomic mass is 32.2. The van der Waals surface area contributed by atoms with Crippen LogP contribution in [0.5, 0.6) is 0 Å². The van der Waals surface area contributed by atoms with Gasteiger partial charge in [-0.3, -0.25) is 33.0 Å². The molecule has 8 atom stereocenters. The van der Waals surface area contributed by atoms with Gasteiger partial charge in [-0.05, 0) is 26.7 Å². The number of rotatable bonds is 9. The van der Waals surface area contributed by atoms with E-state index in [4.69, 9.17) is 33.2 Å². The summed E-state index contributed by atoms with van der Waals surface area (Å²) in [5, 5.41) is 0. The molecule has 1 saturated heterocycles. The topological polar surface area (TPSA) is 184 Å². The van der Waals surface area contributed by atoms with E-state index in [2.05, 4.69) is 0 Å². The second-order valence-corrected chi connectivity index (χ2v) is 11.6. The molecule has 2 aliphatic rings. The van der Waals surface area contributed by atoms with Crippen molar-refractivity contribution in [3.63, 3.8) is 0 Å². The molecule has 0 bridgehead atoms. The van der Waals surface area contributed by atoms with Crippen LogP contribution in [0.4, 0.5) is 0 Å². The van der Waals surface area contributed by atoms with Crippen LogP contribution in [0, 0.1) is 5.92 Å². The number of allylic oxidation sites excluding steroid dienone is 2. The van der Waals surface area contributed by atoms with Crippen LogP contribution in [0.15, 0.2) is 11.1 Å². The maximum atomic E-state index is 14.7. The minimum atomic E-state index is -2.60. The van der Waals surface area contributed by atoms with Crippen LogP contribution in [0.2, 0.25) is 0 Å². The summed E-state index contributed by atoms with van der Waals surface area (Å²) in [5.41, 5.74) is -0.360. The average molecular weight is 605 g/mol. The summed E-state index contributed by atoms with van der Waals surface area (Å²) in [7, 11) is -0.423. The number of esters is 6. The van der Waals surface area contributed by atoms with Gasteiger partial charge in [-0.1, -0.05) is 11.1 Å². The monoisotopic (exact) mass is 604 g/mol. The molecule has 41 heavy (non-hydrogen) atoms. The number of carbonyl (C=O) groups excluding carboxylic acids is 6. The lowest BCUT2D eigenvalue weighted by Crippen LogP contribution is -2.67. The Bertz CT molecular complexity index is 1130. The molecule has 1 fully saturated rings. The van der Waals surface area contributed by atoms with E-state index in [1.807, 2.05) is 0 Å². The molecular weight excluding hydrogens is 568 g/mol. The van der Waals surface area contributed by atoms with E-state index in [1.165, 1.54) is 0 Å². The molecule has 0 radical (unpaired) electrons. The highest BCUT2D eigenvalue weighted by molar-refractivity contribution is 7.87. The molecule has 0 amide bonds. The Kier molecular flexibility index (Phi) is 11.6. The Morgan fingerprint density at radius 1 is 0.805 bits per heavy atom. The minimum absolute atomic E-state index is 0.00930. The summed E-state index contributed by atoms with van der Waals surface area (Å²) in [4.78, 5) is 74.6. The zero-order valence-corrected chi connectivity index (χ0v) is 25.0. The van der Waals surface area contributed by atoms with Gasteiger partial charge in [0.2, 0.25) is 0 Å². The molecule has 0 N–H and O–H groups in total. The van der Waals surface area contributed by atoms with Crippen molar-refractivity contribution < 1.29 is 66.1 Å². The molecule has 1 heterocycles. The van der Waals surface area contributed by atoms with Gasteiger partial charge >= 0.3 is 35.8 Å². The third-order valence-electron chi connectivity index (χ3n) is 6.86. The molecule has 0 aromatic rings. The zero-order chi connectivity index (χ0) is 31.2. The van der Waals surface area contributed by atoms with Crippen molar-refractivity contribution in [2.24, 2.45) is 5.92 Å². The van der Waals surface area contributed by atoms with Crippen LogP contribution in [0.1, 0.15) is 54.4 Å². The predicted octanol–water partition coefficient (Wildman–Crippen LogP) is 0.649. The molecule has 0 spiro atoms. The lowest BCUT2D eigenvalue weighted by Gasteiger charge is -2.47. The summed E-state index contributed by atoms with van der Waals surface area (Å²) in [6.45, 7) is 7.13. The number of hydrogen-bond acceptors (Lipinski definition) is 14. The number of methoxy groups -OCH3 is 2. The molecule has 2 rings (SSSR count). The fraction of sp³-hybridized carbons (Fsp3) is 0.692. The van der Waals surface area contributed by atoms with Crippen molar-refractivity contribution in [3.8, 4) is 0 Å². The van der Waals surface area contributed by atoms with Crippen molar-refractivity contribution in [2.75, 3.05) is 20.8 Å². The SMILES string of the molecule is COC(=O)[C@@H]1CC(C)=C(C)C[C@@]1(C(=O)OC)S(=O)C1O[C@H](COC(C)=O)[C@@H](OC(C)=O)[C@H](OC(C)=O)[C@H]1OC(C)=O. The maximum Gasteiger partial charge on any atom is 0.325 e. The van der Waals surface area contributed by atoms with Crippen molar-refractivity contribution in [1.29, 1.82) is 0 Å². The normalized spacial score (nSPS) is 30.3.